The van der Waals surface area contributed by atoms with Crippen molar-refractivity contribution >= 4 is 5.91 Å². The van der Waals surface area contributed by atoms with Crippen molar-refractivity contribution in [2.24, 2.45) is 5.92 Å². The normalized spacial score (nSPS) is 28.3. The van der Waals surface area contributed by atoms with E-state index in [1.807, 2.05) is 4.90 Å². The fourth-order valence-corrected chi connectivity index (χ4v) is 2.31. The number of amides is 1. The Balaban J connectivity index is 1.81. The summed E-state index contributed by atoms with van der Waals surface area (Å²) >= 11 is 0. The third-order valence-electron chi connectivity index (χ3n) is 3.39. The van der Waals surface area contributed by atoms with Crippen LogP contribution in [0.1, 0.15) is 25.7 Å². The van der Waals surface area contributed by atoms with E-state index in [0.717, 1.165) is 45.4 Å². The molecule has 15 heavy (non-hydrogen) atoms. The van der Waals surface area contributed by atoms with Gasteiger partial charge in [0, 0.05) is 26.3 Å². The van der Waals surface area contributed by atoms with Crippen LogP contribution < -0.4 is 0 Å². The third-order valence-corrected chi connectivity index (χ3v) is 3.39. The van der Waals surface area contributed by atoms with Crippen molar-refractivity contribution in [3.05, 3.63) is 0 Å². The summed E-state index contributed by atoms with van der Waals surface area (Å²) in [7, 11) is 0. The van der Waals surface area contributed by atoms with Gasteiger partial charge in [-0.15, -0.1) is 0 Å². The van der Waals surface area contributed by atoms with E-state index in [1.165, 1.54) is 0 Å². The highest BCUT2D eigenvalue weighted by Gasteiger charge is 2.30. The Morgan fingerprint density at radius 3 is 2.60 bits per heavy atom. The predicted octanol–water partition coefficient (Wildman–Crippen LogP) is 0.396. The van der Waals surface area contributed by atoms with E-state index in [1.54, 1.807) is 0 Å². The summed E-state index contributed by atoms with van der Waals surface area (Å²) in [6.45, 7) is 2.54. The first kappa shape index (κ1) is 10.9. The quantitative estimate of drug-likeness (QED) is 0.722. The van der Waals surface area contributed by atoms with Crippen molar-refractivity contribution in [3.63, 3.8) is 0 Å². The molecule has 0 aromatic carbocycles. The second-order valence-electron chi connectivity index (χ2n) is 4.45. The molecular formula is C11H19NO3. The minimum atomic E-state index is -0.185. The monoisotopic (exact) mass is 213 g/mol. The van der Waals surface area contributed by atoms with Gasteiger partial charge in [0.05, 0.1) is 0 Å². The fraction of sp³-hybridized carbons (Fsp3) is 0.909. The lowest BCUT2D eigenvalue weighted by Crippen LogP contribution is -2.44. The molecular weight excluding hydrogens is 194 g/mol. The smallest absolute Gasteiger partial charge is 0.251 e. The zero-order chi connectivity index (χ0) is 10.7. The Morgan fingerprint density at radius 1 is 1.33 bits per heavy atom. The van der Waals surface area contributed by atoms with Crippen LogP contribution in [-0.2, 0) is 9.53 Å². The number of likely N-dealkylation sites (tertiary alicyclic amines) is 1. The molecule has 0 radical (unpaired) electrons. The average molecular weight is 213 g/mol. The molecule has 86 valence electrons. The average Bonchev–Trinajstić information content (AvgIpc) is 2.82. The Bertz CT molecular complexity index is 218. The van der Waals surface area contributed by atoms with Crippen LogP contribution in [0.3, 0.4) is 0 Å². The summed E-state index contributed by atoms with van der Waals surface area (Å²) in [4.78, 5) is 13.8. The standard InChI is InChI=1S/C11H19NO3/c13-8-9-3-5-12(6-4-9)11(14)10-2-1-7-15-10/h9-10,13H,1-8H2/t10-/m1/s1. The number of piperidine rings is 1. The first-order valence-corrected chi connectivity index (χ1v) is 5.82. The summed E-state index contributed by atoms with van der Waals surface area (Å²) in [5.41, 5.74) is 0. The highest BCUT2D eigenvalue weighted by Crippen LogP contribution is 2.20. The summed E-state index contributed by atoms with van der Waals surface area (Å²) in [5.74, 6) is 0.544. The van der Waals surface area contributed by atoms with Crippen LogP contribution in [0.5, 0.6) is 0 Å². The fourth-order valence-electron chi connectivity index (χ4n) is 2.31. The zero-order valence-electron chi connectivity index (χ0n) is 9.02. The molecule has 0 aliphatic carbocycles. The topological polar surface area (TPSA) is 49.8 Å². The van der Waals surface area contributed by atoms with Gasteiger partial charge in [0.2, 0.25) is 0 Å². The number of aliphatic hydroxyl groups excluding tert-OH is 1. The van der Waals surface area contributed by atoms with Gasteiger partial charge in [-0.25, -0.2) is 0 Å². The van der Waals surface area contributed by atoms with Crippen molar-refractivity contribution in [1.82, 2.24) is 4.90 Å². The minimum absolute atomic E-state index is 0.156. The maximum Gasteiger partial charge on any atom is 0.251 e. The van der Waals surface area contributed by atoms with Gasteiger partial charge in [0.1, 0.15) is 6.10 Å². The van der Waals surface area contributed by atoms with Crippen molar-refractivity contribution in [3.8, 4) is 0 Å². The van der Waals surface area contributed by atoms with Crippen LogP contribution in [0.15, 0.2) is 0 Å². The van der Waals surface area contributed by atoms with Gasteiger partial charge in [0.25, 0.3) is 5.91 Å². The second-order valence-corrected chi connectivity index (χ2v) is 4.45. The van der Waals surface area contributed by atoms with Gasteiger partial charge in [-0.1, -0.05) is 0 Å². The van der Waals surface area contributed by atoms with Gasteiger partial charge in [0.15, 0.2) is 0 Å². The third kappa shape index (κ3) is 2.49. The Hall–Kier alpha value is -0.610. The van der Waals surface area contributed by atoms with Gasteiger partial charge < -0.3 is 14.7 Å². The molecule has 2 rings (SSSR count). The van der Waals surface area contributed by atoms with E-state index in [4.69, 9.17) is 9.84 Å². The van der Waals surface area contributed by atoms with Crippen molar-refractivity contribution in [2.45, 2.75) is 31.8 Å². The van der Waals surface area contributed by atoms with Crippen LogP contribution in [-0.4, -0.2) is 48.3 Å². The zero-order valence-corrected chi connectivity index (χ0v) is 9.02. The van der Waals surface area contributed by atoms with Crippen LogP contribution in [0.25, 0.3) is 0 Å². The molecule has 2 fully saturated rings. The van der Waals surface area contributed by atoms with Crippen molar-refractivity contribution in [1.29, 1.82) is 0 Å². The lowest BCUT2D eigenvalue weighted by Gasteiger charge is -2.32. The lowest BCUT2D eigenvalue weighted by molar-refractivity contribution is -0.142. The number of carbonyl (C=O) groups excluding carboxylic acids is 1. The number of ether oxygens (including phenoxy) is 1. The Morgan fingerprint density at radius 2 is 2.07 bits per heavy atom. The van der Waals surface area contributed by atoms with Crippen molar-refractivity contribution in [2.75, 3.05) is 26.3 Å². The summed E-state index contributed by atoms with van der Waals surface area (Å²) in [5, 5.41) is 9.00. The number of aliphatic hydroxyl groups is 1. The minimum Gasteiger partial charge on any atom is -0.396 e. The number of nitrogens with zero attached hydrogens (tertiary/aromatic N) is 1. The molecule has 1 amide bonds. The summed E-state index contributed by atoms with van der Waals surface area (Å²) < 4.78 is 5.38. The van der Waals surface area contributed by atoms with Crippen LogP contribution in [0, 0.1) is 5.92 Å². The van der Waals surface area contributed by atoms with E-state index in [9.17, 15) is 4.79 Å². The molecule has 0 saturated carbocycles. The van der Waals surface area contributed by atoms with Gasteiger partial charge in [-0.05, 0) is 31.6 Å². The Labute approximate surface area is 90.2 Å². The molecule has 0 spiro atoms. The van der Waals surface area contributed by atoms with E-state index < -0.39 is 0 Å². The number of carbonyl (C=O) groups is 1. The molecule has 0 aromatic heterocycles. The SMILES string of the molecule is O=C([C@H]1CCCO1)N1CCC(CO)CC1. The second kappa shape index (κ2) is 4.94. The number of hydrogen-bond donors (Lipinski definition) is 1. The molecule has 1 atom stereocenters. The summed E-state index contributed by atoms with van der Waals surface area (Å²) in [6, 6.07) is 0. The van der Waals surface area contributed by atoms with Crippen molar-refractivity contribution < 1.29 is 14.6 Å². The number of rotatable bonds is 2. The molecule has 4 nitrogen and oxygen atoms in total. The van der Waals surface area contributed by atoms with Crippen LogP contribution >= 0.6 is 0 Å². The molecule has 1 N–H and O–H groups in total. The first-order valence-electron chi connectivity index (χ1n) is 5.82. The molecule has 2 aliphatic rings. The molecule has 2 saturated heterocycles. The molecule has 0 bridgehead atoms. The van der Waals surface area contributed by atoms with Gasteiger partial charge in [-0.3, -0.25) is 4.79 Å². The number of hydrogen-bond acceptors (Lipinski definition) is 3. The van der Waals surface area contributed by atoms with E-state index in [2.05, 4.69) is 0 Å². The molecule has 0 aromatic rings. The maximum absolute atomic E-state index is 11.9. The Kier molecular flexibility index (Phi) is 3.59. The highest BCUT2D eigenvalue weighted by molar-refractivity contribution is 5.81. The van der Waals surface area contributed by atoms with Crippen LogP contribution in [0.2, 0.25) is 0 Å². The molecule has 0 unspecified atom stereocenters. The highest BCUT2D eigenvalue weighted by atomic mass is 16.5. The summed E-state index contributed by atoms with van der Waals surface area (Å²) in [6.07, 6.45) is 3.54. The molecule has 2 heterocycles. The van der Waals surface area contributed by atoms with E-state index >= 15 is 0 Å². The lowest BCUT2D eigenvalue weighted by atomic mass is 9.97. The molecule has 4 heteroatoms. The maximum atomic E-state index is 11.9. The largest absolute Gasteiger partial charge is 0.396 e. The van der Waals surface area contributed by atoms with Gasteiger partial charge in [-0.2, -0.15) is 0 Å². The predicted molar refractivity (Wildman–Crippen MR) is 55.4 cm³/mol. The van der Waals surface area contributed by atoms with Crippen LogP contribution in [0.4, 0.5) is 0 Å². The van der Waals surface area contributed by atoms with E-state index in [-0.39, 0.29) is 18.6 Å². The first-order chi connectivity index (χ1) is 7.31. The molecule has 2 aliphatic heterocycles. The van der Waals surface area contributed by atoms with Gasteiger partial charge >= 0.3 is 0 Å². The van der Waals surface area contributed by atoms with E-state index in [0.29, 0.717) is 5.92 Å².